The SMILES string of the molecule is CCCCCCCCCCCCCCCN1C=CN(CCCCCCCCCCCCCC)C1CCCCCCCCCCCCC. The molecule has 0 spiro atoms. The van der Waals surface area contributed by atoms with Gasteiger partial charge in [0.05, 0.1) is 0 Å². The minimum atomic E-state index is 0.638. The van der Waals surface area contributed by atoms with E-state index >= 15 is 0 Å². The Morgan fingerprint density at radius 1 is 0.277 bits per heavy atom. The smallest absolute Gasteiger partial charge is 0.101 e. The molecule has 0 aromatic heterocycles. The summed E-state index contributed by atoms with van der Waals surface area (Å²) in [4.78, 5) is 5.46. The van der Waals surface area contributed by atoms with Crippen LogP contribution in [0.2, 0.25) is 0 Å². The largest absolute Gasteiger partial charge is 0.356 e. The molecule has 0 radical (unpaired) electrons. The molecule has 0 saturated carbocycles. The van der Waals surface area contributed by atoms with Gasteiger partial charge >= 0.3 is 0 Å². The molecule has 0 fully saturated rings. The maximum Gasteiger partial charge on any atom is 0.101 e. The molecule has 1 aliphatic rings. The third-order valence-electron chi connectivity index (χ3n) is 11.1. The van der Waals surface area contributed by atoms with Gasteiger partial charge in [0, 0.05) is 25.5 Å². The van der Waals surface area contributed by atoms with E-state index < -0.39 is 0 Å². The zero-order chi connectivity index (χ0) is 33.7. The van der Waals surface area contributed by atoms with Gasteiger partial charge in [-0.1, -0.05) is 233 Å². The lowest BCUT2D eigenvalue weighted by Gasteiger charge is -2.33. The molecule has 1 unspecified atom stereocenters. The molecule has 280 valence electrons. The van der Waals surface area contributed by atoms with Crippen molar-refractivity contribution in [1.82, 2.24) is 9.80 Å². The van der Waals surface area contributed by atoms with E-state index in [1.54, 1.807) is 0 Å². The lowest BCUT2D eigenvalue weighted by Crippen LogP contribution is -2.39. The van der Waals surface area contributed by atoms with Crippen LogP contribution in [-0.2, 0) is 0 Å². The van der Waals surface area contributed by atoms with E-state index in [-0.39, 0.29) is 0 Å². The highest BCUT2D eigenvalue weighted by Gasteiger charge is 2.24. The van der Waals surface area contributed by atoms with Crippen molar-refractivity contribution >= 4 is 0 Å². The Hall–Kier alpha value is -0.660. The molecule has 2 heteroatoms. The molecule has 1 aliphatic heterocycles. The lowest BCUT2D eigenvalue weighted by molar-refractivity contribution is 0.135. The normalized spacial score (nSPS) is 14.7. The summed E-state index contributed by atoms with van der Waals surface area (Å²) in [6.07, 6.45) is 58.9. The van der Waals surface area contributed by atoms with Gasteiger partial charge in [0.1, 0.15) is 6.17 Å². The summed E-state index contributed by atoms with van der Waals surface area (Å²) in [6.45, 7) is 9.49. The summed E-state index contributed by atoms with van der Waals surface area (Å²) in [5.74, 6) is 0. The standard InChI is InChI=1S/C45H90N2/c1-4-7-10-13-16-19-22-24-27-30-33-36-39-42-47-44-43-46(41-38-35-32-29-26-23-20-17-14-11-8-5-2)45(47)40-37-34-31-28-25-21-18-15-12-9-6-3/h43-45H,4-42H2,1-3H3. The number of hydrogen-bond acceptors (Lipinski definition) is 2. The van der Waals surface area contributed by atoms with Crippen LogP contribution in [0, 0.1) is 0 Å². The molecule has 47 heavy (non-hydrogen) atoms. The van der Waals surface area contributed by atoms with Crippen molar-refractivity contribution in [2.45, 2.75) is 265 Å². The van der Waals surface area contributed by atoms with Gasteiger partial charge in [0.15, 0.2) is 0 Å². The monoisotopic (exact) mass is 659 g/mol. The van der Waals surface area contributed by atoms with Crippen molar-refractivity contribution in [3.05, 3.63) is 12.4 Å². The van der Waals surface area contributed by atoms with Crippen LogP contribution in [0.15, 0.2) is 12.4 Å². The van der Waals surface area contributed by atoms with Crippen molar-refractivity contribution in [3.63, 3.8) is 0 Å². The fourth-order valence-corrected chi connectivity index (χ4v) is 7.78. The van der Waals surface area contributed by atoms with Crippen LogP contribution >= 0.6 is 0 Å². The second kappa shape index (κ2) is 36.6. The molecule has 2 nitrogen and oxygen atoms in total. The predicted octanol–water partition coefficient (Wildman–Crippen LogP) is 15.9. The Labute approximate surface area is 299 Å². The molecule has 0 aromatic rings. The van der Waals surface area contributed by atoms with Crippen LogP contribution in [0.4, 0.5) is 0 Å². The highest BCUT2D eigenvalue weighted by Crippen LogP contribution is 2.24. The number of unbranched alkanes of at least 4 members (excludes halogenated alkanes) is 33. The first-order chi connectivity index (χ1) is 23.3. The van der Waals surface area contributed by atoms with Crippen LogP contribution in [0.3, 0.4) is 0 Å². The Morgan fingerprint density at radius 3 is 0.745 bits per heavy atom. The molecule has 0 aliphatic carbocycles. The maximum atomic E-state index is 2.73. The molecule has 0 N–H and O–H groups in total. The quantitative estimate of drug-likeness (QED) is 0.0606. The highest BCUT2D eigenvalue weighted by atomic mass is 15.4. The molecular weight excluding hydrogens is 569 g/mol. The molecule has 1 rings (SSSR count). The average Bonchev–Trinajstić information content (AvgIpc) is 3.47. The molecule has 0 amide bonds. The summed E-state index contributed by atoms with van der Waals surface area (Å²) in [5, 5.41) is 0. The lowest BCUT2D eigenvalue weighted by atomic mass is 10.0. The van der Waals surface area contributed by atoms with Gasteiger partial charge in [-0.05, 0) is 25.7 Å². The zero-order valence-electron chi connectivity index (χ0n) is 33.2. The minimum absolute atomic E-state index is 0.638. The van der Waals surface area contributed by atoms with Crippen molar-refractivity contribution in [2.75, 3.05) is 13.1 Å². The van der Waals surface area contributed by atoms with E-state index in [9.17, 15) is 0 Å². The highest BCUT2D eigenvalue weighted by molar-refractivity contribution is 4.97. The molecule has 1 heterocycles. The fraction of sp³-hybridized carbons (Fsp3) is 0.956. The van der Waals surface area contributed by atoms with Crippen molar-refractivity contribution < 1.29 is 0 Å². The van der Waals surface area contributed by atoms with E-state index in [2.05, 4.69) is 43.0 Å². The Kier molecular flexibility index (Phi) is 34.6. The van der Waals surface area contributed by atoms with Gasteiger partial charge in [-0.15, -0.1) is 0 Å². The van der Waals surface area contributed by atoms with Gasteiger partial charge in [-0.3, -0.25) is 0 Å². The summed E-state index contributed by atoms with van der Waals surface area (Å²) in [7, 11) is 0. The van der Waals surface area contributed by atoms with Crippen LogP contribution in [0.5, 0.6) is 0 Å². The molecule has 0 saturated heterocycles. The van der Waals surface area contributed by atoms with Crippen molar-refractivity contribution in [3.8, 4) is 0 Å². The third kappa shape index (κ3) is 28.8. The molecular formula is C45H90N2. The predicted molar refractivity (Wildman–Crippen MR) is 214 cm³/mol. The summed E-state index contributed by atoms with van der Waals surface area (Å²) in [6, 6.07) is 0. The zero-order valence-corrected chi connectivity index (χ0v) is 33.2. The summed E-state index contributed by atoms with van der Waals surface area (Å²) < 4.78 is 0. The number of rotatable bonds is 39. The second-order valence-corrected chi connectivity index (χ2v) is 15.7. The summed E-state index contributed by atoms with van der Waals surface area (Å²) in [5.41, 5.74) is 0. The van der Waals surface area contributed by atoms with Crippen LogP contribution in [0.1, 0.15) is 258 Å². The first-order valence-electron chi connectivity index (χ1n) is 22.5. The third-order valence-corrected chi connectivity index (χ3v) is 11.1. The molecule has 0 aromatic carbocycles. The maximum absolute atomic E-state index is 2.73. The Bertz CT molecular complexity index is 615. The van der Waals surface area contributed by atoms with Crippen LogP contribution in [-0.4, -0.2) is 29.1 Å². The molecule has 0 bridgehead atoms. The van der Waals surface area contributed by atoms with Gasteiger partial charge < -0.3 is 9.80 Å². The summed E-state index contributed by atoms with van der Waals surface area (Å²) >= 11 is 0. The Balaban J connectivity index is 2.21. The topological polar surface area (TPSA) is 6.48 Å². The van der Waals surface area contributed by atoms with E-state index in [1.807, 2.05) is 0 Å². The molecule has 1 atom stereocenters. The second-order valence-electron chi connectivity index (χ2n) is 15.7. The van der Waals surface area contributed by atoms with Crippen molar-refractivity contribution in [1.29, 1.82) is 0 Å². The first-order valence-corrected chi connectivity index (χ1v) is 22.5. The minimum Gasteiger partial charge on any atom is -0.356 e. The van der Waals surface area contributed by atoms with Gasteiger partial charge in [0.25, 0.3) is 0 Å². The van der Waals surface area contributed by atoms with E-state index in [4.69, 9.17) is 0 Å². The van der Waals surface area contributed by atoms with Crippen molar-refractivity contribution in [2.24, 2.45) is 0 Å². The average molecular weight is 659 g/mol. The van der Waals surface area contributed by atoms with Gasteiger partial charge in [-0.2, -0.15) is 0 Å². The van der Waals surface area contributed by atoms with E-state index in [1.165, 1.54) is 251 Å². The van der Waals surface area contributed by atoms with Crippen LogP contribution < -0.4 is 0 Å². The van der Waals surface area contributed by atoms with E-state index in [0.717, 1.165) is 0 Å². The fourth-order valence-electron chi connectivity index (χ4n) is 7.78. The first kappa shape index (κ1) is 44.4. The number of hydrogen-bond donors (Lipinski definition) is 0. The van der Waals surface area contributed by atoms with E-state index in [0.29, 0.717) is 6.17 Å². The van der Waals surface area contributed by atoms with Gasteiger partial charge in [0.2, 0.25) is 0 Å². The van der Waals surface area contributed by atoms with Crippen LogP contribution in [0.25, 0.3) is 0 Å². The Morgan fingerprint density at radius 2 is 0.489 bits per heavy atom. The van der Waals surface area contributed by atoms with Gasteiger partial charge in [-0.25, -0.2) is 0 Å². The number of nitrogens with zero attached hydrogens (tertiary/aromatic N) is 2.